The second-order valence-electron chi connectivity index (χ2n) is 7.53. The average Bonchev–Trinajstić information content (AvgIpc) is 2.24. The molecular formula is C17H30F2O. The second kappa shape index (κ2) is 6.55. The Morgan fingerprint density at radius 3 is 2.20 bits per heavy atom. The van der Waals surface area contributed by atoms with Crippen LogP contribution in [0.25, 0.3) is 0 Å². The quantitative estimate of drug-likeness (QED) is 0.554. The summed E-state index contributed by atoms with van der Waals surface area (Å²) < 4.78 is 33.3. The molecule has 0 aromatic rings. The van der Waals surface area contributed by atoms with Gasteiger partial charge in [0.2, 0.25) is 0 Å². The van der Waals surface area contributed by atoms with Gasteiger partial charge in [-0.3, -0.25) is 0 Å². The van der Waals surface area contributed by atoms with E-state index in [-0.39, 0.29) is 11.5 Å². The van der Waals surface area contributed by atoms with Crippen molar-refractivity contribution in [3.8, 4) is 0 Å². The molecule has 0 atom stereocenters. The van der Waals surface area contributed by atoms with E-state index in [4.69, 9.17) is 4.74 Å². The minimum Gasteiger partial charge on any atom is -0.378 e. The molecule has 1 aliphatic carbocycles. The van der Waals surface area contributed by atoms with Crippen molar-refractivity contribution in [2.45, 2.75) is 78.7 Å². The highest BCUT2D eigenvalue weighted by Crippen LogP contribution is 2.45. The highest BCUT2D eigenvalue weighted by Gasteiger charge is 2.40. The number of hydrogen-bond donors (Lipinski definition) is 0. The third kappa shape index (κ3) is 4.83. The molecular weight excluding hydrogens is 258 g/mol. The Labute approximate surface area is 122 Å². The van der Waals surface area contributed by atoms with Gasteiger partial charge in [-0.1, -0.05) is 33.3 Å². The number of ether oxygens (including phenoxy) is 1. The maximum Gasteiger partial charge on any atom is 0.271 e. The Morgan fingerprint density at radius 1 is 1.20 bits per heavy atom. The van der Waals surface area contributed by atoms with E-state index < -0.39 is 11.3 Å². The fourth-order valence-corrected chi connectivity index (χ4v) is 2.36. The molecule has 1 saturated carbocycles. The van der Waals surface area contributed by atoms with E-state index in [1.165, 1.54) is 19.3 Å². The summed E-state index contributed by atoms with van der Waals surface area (Å²) in [5.74, 6) is -2.74. The van der Waals surface area contributed by atoms with Crippen molar-refractivity contribution in [1.29, 1.82) is 0 Å². The zero-order valence-corrected chi connectivity index (χ0v) is 13.6. The Hall–Kier alpha value is -0.440. The van der Waals surface area contributed by atoms with Crippen molar-refractivity contribution in [1.82, 2.24) is 0 Å². The van der Waals surface area contributed by atoms with Crippen molar-refractivity contribution in [3.63, 3.8) is 0 Å². The molecule has 1 rings (SSSR count). The summed E-state index contributed by atoms with van der Waals surface area (Å²) in [5, 5.41) is 0. The standard InChI is InChI=1S/C17H30F2O/c1-14(2)20-13-16(10-8-11-16)9-6-7-12-17(18,19)15(3,4)5/h7,12,14H,6,8-11,13H2,1-5H3. The van der Waals surface area contributed by atoms with Gasteiger partial charge >= 0.3 is 0 Å². The fourth-order valence-electron chi connectivity index (χ4n) is 2.36. The Bertz CT molecular complexity index is 322. The first-order valence-corrected chi connectivity index (χ1v) is 7.75. The van der Waals surface area contributed by atoms with Gasteiger partial charge in [0.25, 0.3) is 5.92 Å². The molecule has 0 heterocycles. The van der Waals surface area contributed by atoms with E-state index in [1.807, 2.05) is 13.8 Å². The van der Waals surface area contributed by atoms with Gasteiger partial charge in [-0.05, 0) is 51.0 Å². The molecule has 20 heavy (non-hydrogen) atoms. The first kappa shape index (κ1) is 17.6. The lowest BCUT2D eigenvalue weighted by Gasteiger charge is -2.42. The molecule has 0 N–H and O–H groups in total. The minimum absolute atomic E-state index is 0.242. The van der Waals surface area contributed by atoms with E-state index in [9.17, 15) is 8.78 Å². The summed E-state index contributed by atoms with van der Waals surface area (Å²) in [4.78, 5) is 0. The maximum atomic E-state index is 13.8. The van der Waals surface area contributed by atoms with Crippen LogP contribution in [0.1, 0.15) is 66.7 Å². The molecule has 0 aliphatic heterocycles. The van der Waals surface area contributed by atoms with Gasteiger partial charge in [0.15, 0.2) is 0 Å². The molecule has 0 spiro atoms. The van der Waals surface area contributed by atoms with Crippen molar-refractivity contribution >= 4 is 0 Å². The smallest absolute Gasteiger partial charge is 0.271 e. The van der Waals surface area contributed by atoms with E-state index >= 15 is 0 Å². The summed E-state index contributed by atoms with van der Waals surface area (Å²) >= 11 is 0. The summed E-state index contributed by atoms with van der Waals surface area (Å²) in [6.45, 7) is 9.56. The highest BCUT2D eigenvalue weighted by atomic mass is 19.3. The maximum absolute atomic E-state index is 13.8. The molecule has 0 aromatic carbocycles. The Morgan fingerprint density at radius 2 is 1.80 bits per heavy atom. The van der Waals surface area contributed by atoms with Gasteiger partial charge in [0, 0.05) is 5.41 Å². The van der Waals surface area contributed by atoms with Crippen LogP contribution < -0.4 is 0 Å². The van der Waals surface area contributed by atoms with E-state index in [2.05, 4.69) is 0 Å². The van der Waals surface area contributed by atoms with Gasteiger partial charge in [0.05, 0.1) is 12.7 Å². The molecule has 0 unspecified atom stereocenters. The van der Waals surface area contributed by atoms with Crippen molar-refractivity contribution in [3.05, 3.63) is 12.2 Å². The van der Waals surface area contributed by atoms with Gasteiger partial charge in [0.1, 0.15) is 0 Å². The van der Waals surface area contributed by atoms with E-state index in [0.29, 0.717) is 6.42 Å². The van der Waals surface area contributed by atoms with Crippen LogP contribution in [0, 0.1) is 10.8 Å². The van der Waals surface area contributed by atoms with Crippen LogP contribution in [0.4, 0.5) is 8.78 Å². The zero-order chi connectivity index (χ0) is 15.4. The average molecular weight is 288 g/mol. The minimum atomic E-state index is -2.74. The van der Waals surface area contributed by atoms with Crippen LogP contribution in [0.5, 0.6) is 0 Å². The lowest BCUT2D eigenvalue weighted by atomic mass is 9.66. The largest absolute Gasteiger partial charge is 0.378 e. The lowest BCUT2D eigenvalue weighted by Crippen LogP contribution is -2.35. The number of alkyl halides is 2. The van der Waals surface area contributed by atoms with Gasteiger partial charge in [-0.25, -0.2) is 8.78 Å². The normalized spacial score (nSPS) is 19.6. The van der Waals surface area contributed by atoms with Crippen molar-refractivity contribution in [2.24, 2.45) is 10.8 Å². The summed E-state index contributed by atoms with van der Waals surface area (Å²) in [6.07, 6.45) is 8.23. The van der Waals surface area contributed by atoms with Gasteiger partial charge in [-0.15, -0.1) is 0 Å². The van der Waals surface area contributed by atoms with Crippen molar-refractivity contribution in [2.75, 3.05) is 6.61 Å². The summed E-state index contributed by atoms with van der Waals surface area (Å²) in [5.41, 5.74) is -0.774. The number of rotatable bonds is 7. The SMILES string of the molecule is CC(C)OCC1(CCC=CC(F)(F)C(C)(C)C)CCC1. The lowest BCUT2D eigenvalue weighted by molar-refractivity contribution is -0.0507. The van der Waals surface area contributed by atoms with Crippen LogP contribution in [0.2, 0.25) is 0 Å². The van der Waals surface area contributed by atoms with Crippen LogP contribution in [-0.2, 0) is 4.74 Å². The molecule has 118 valence electrons. The topological polar surface area (TPSA) is 9.23 Å². The van der Waals surface area contributed by atoms with E-state index in [0.717, 1.165) is 19.1 Å². The molecule has 0 aromatic heterocycles. The third-order valence-corrected chi connectivity index (χ3v) is 4.31. The van der Waals surface area contributed by atoms with Crippen molar-refractivity contribution < 1.29 is 13.5 Å². The number of allylic oxidation sites excluding steroid dienone is 2. The molecule has 3 heteroatoms. The highest BCUT2D eigenvalue weighted by molar-refractivity contribution is 5.02. The van der Waals surface area contributed by atoms with Crippen LogP contribution in [0.15, 0.2) is 12.2 Å². The molecule has 0 amide bonds. The number of hydrogen-bond acceptors (Lipinski definition) is 1. The van der Waals surface area contributed by atoms with Gasteiger partial charge < -0.3 is 4.74 Å². The van der Waals surface area contributed by atoms with E-state index in [1.54, 1.807) is 26.8 Å². The third-order valence-electron chi connectivity index (χ3n) is 4.31. The number of halogens is 2. The van der Waals surface area contributed by atoms with Crippen LogP contribution >= 0.6 is 0 Å². The molecule has 1 fully saturated rings. The van der Waals surface area contributed by atoms with Crippen LogP contribution in [-0.4, -0.2) is 18.6 Å². The molecule has 1 aliphatic rings. The second-order valence-corrected chi connectivity index (χ2v) is 7.53. The first-order chi connectivity index (χ1) is 9.08. The predicted molar refractivity (Wildman–Crippen MR) is 80.1 cm³/mol. The molecule has 0 bridgehead atoms. The summed E-state index contributed by atoms with van der Waals surface area (Å²) in [7, 11) is 0. The predicted octanol–water partition coefficient (Wildman–Crippen LogP) is 5.60. The zero-order valence-electron chi connectivity index (χ0n) is 13.6. The molecule has 0 saturated heterocycles. The monoisotopic (exact) mass is 288 g/mol. The Balaban J connectivity index is 2.42. The first-order valence-electron chi connectivity index (χ1n) is 7.75. The van der Waals surface area contributed by atoms with Crippen LogP contribution in [0.3, 0.4) is 0 Å². The Kier molecular flexibility index (Phi) is 5.77. The van der Waals surface area contributed by atoms with Gasteiger partial charge in [-0.2, -0.15) is 0 Å². The fraction of sp³-hybridized carbons (Fsp3) is 0.882. The molecule has 1 nitrogen and oxygen atoms in total. The molecule has 0 radical (unpaired) electrons. The summed E-state index contributed by atoms with van der Waals surface area (Å²) in [6, 6.07) is 0.